The van der Waals surface area contributed by atoms with Crippen LogP contribution < -0.4 is 9.47 Å². The molecule has 3 rings (SSSR count). The van der Waals surface area contributed by atoms with E-state index in [2.05, 4.69) is 4.90 Å². The largest absolute Gasteiger partial charge is 0.497 e. The van der Waals surface area contributed by atoms with E-state index in [9.17, 15) is 9.59 Å². The third-order valence-corrected chi connectivity index (χ3v) is 5.26. The second-order valence-electron chi connectivity index (χ2n) is 6.98. The number of methoxy groups -OCH3 is 2. The van der Waals surface area contributed by atoms with Gasteiger partial charge >= 0.3 is 0 Å². The minimum Gasteiger partial charge on any atom is -0.497 e. The van der Waals surface area contributed by atoms with E-state index in [4.69, 9.17) is 14.2 Å². The van der Waals surface area contributed by atoms with Gasteiger partial charge in [0.1, 0.15) is 11.5 Å². The zero-order valence-corrected chi connectivity index (χ0v) is 16.7. The Balaban J connectivity index is 1.50. The van der Waals surface area contributed by atoms with E-state index >= 15 is 0 Å². The first kappa shape index (κ1) is 20.4. The number of benzene rings is 1. The van der Waals surface area contributed by atoms with Crippen molar-refractivity contribution >= 4 is 11.8 Å². The van der Waals surface area contributed by atoms with Crippen molar-refractivity contribution in [3.8, 4) is 11.5 Å². The highest BCUT2D eigenvalue weighted by Gasteiger charge is 2.25. The summed E-state index contributed by atoms with van der Waals surface area (Å²) in [6.07, 6.45) is 0.515. The first-order valence-electron chi connectivity index (χ1n) is 9.71. The van der Waals surface area contributed by atoms with Crippen molar-refractivity contribution in [2.75, 3.05) is 73.2 Å². The van der Waals surface area contributed by atoms with Crippen LogP contribution in [0.3, 0.4) is 0 Å². The van der Waals surface area contributed by atoms with Gasteiger partial charge in [0.2, 0.25) is 5.91 Å². The molecule has 0 spiro atoms. The molecule has 2 heterocycles. The smallest absolute Gasteiger partial charge is 0.254 e. The van der Waals surface area contributed by atoms with Crippen molar-refractivity contribution in [1.82, 2.24) is 14.7 Å². The van der Waals surface area contributed by atoms with Gasteiger partial charge in [-0.2, -0.15) is 0 Å². The van der Waals surface area contributed by atoms with Crippen LogP contribution in [0.4, 0.5) is 0 Å². The van der Waals surface area contributed by atoms with Gasteiger partial charge in [-0.15, -0.1) is 0 Å². The standard InChI is InChI=1S/C20H29N3O5/c1-26-17-13-16(14-18(15-17)27-2)20(25)23-7-5-22(6-8-23)19(24)3-4-21-9-11-28-12-10-21/h13-15H,3-12H2,1-2H3. The second-order valence-corrected chi connectivity index (χ2v) is 6.98. The molecular formula is C20H29N3O5. The Morgan fingerprint density at radius 1 is 0.893 bits per heavy atom. The molecule has 2 aliphatic rings. The summed E-state index contributed by atoms with van der Waals surface area (Å²) in [5.74, 6) is 1.25. The van der Waals surface area contributed by atoms with Crippen LogP contribution >= 0.6 is 0 Å². The molecule has 8 heteroatoms. The molecule has 0 aromatic heterocycles. The number of nitrogens with zero attached hydrogens (tertiary/aromatic N) is 3. The first-order chi connectivity index (χ1) is 13.6. The predicted molar refractivity (Wildman–Crippen MR) is 104 cm³/mol. The highest BCUT2D eigenvalue weighted by atomic mass is 16.5. The molecule has 0 radical (unpaired) electrons. The molecule has 154 valence electrons. The fraction of sp³-hybridized carbons (Fsp3) is 0.600. The van der Waals surface area contributed by atoms with Gasteiger partial charge in [0.25, 0.3) is 5.91 Å². The number of carbonyl (C=O) groups is 2. The van der Waals surface area contributed by atoms with Crippen LogP contribution in [-0.4, -0.2) is 99.8 Å². The van der Waals surface area contributed by atoms with Crippen LogP contribution in [0.15, 0.2) is 18.2 Å². The van der Waals surface area contributed by atoms with E-state index in [1.807, 2.05) is 4.90 Å². The Labute approximate surface area is 165 Å². The molecule has 0 saturated carbocycles. The second kappa shape index (κ2) is 9.75. The topological polar surface area (TPSA) is 71.6 Å². The molecule has 2 saturated heterocycles. The fourth-order valence-corrected chi connectivity index (χ4v) is 3.51. The molecule has 1 aromatic rings. The molecule has 2 fully saturated rings. The van der Waals surface area contributed by atoms with E-state index in [0.29, 0.717) is 49.7 Å². The van der Waals surface area contributed by atoms with Crippen molar-refractivity contribution < 1.29 is 23.8 Å². The summed E-state index contributed by atoms with van der Waals surface area (Å²) in [6, 6.07) is 5.16. The molecule has 2 amide bonds. The molecule has 0 bridgehead atoms. The molecule has 0 aliphatic carbocycles. The predicted octanol–water partition coefficient (Wildman–Crippen LogP) is 0.711. The maximum absolute atomic E-state index is 12.8. The van der Waals surface area contributed by atoms with Gasteiger partial charge in [-0.05, 0) is 12.1 Å². The lowest BCUT2D eigenvalue weighted by atomic mass is 10.1. The van der Waals surface area contributed by atoms with Crippen LogP contribution in [-0.2, 0) is 9.53 Å². The van der Waals surface area contributed by atoms with Crippen molar-refractivity contribution in [2.24, 2.45) is 0 Å². The van der Waals surface area contributed by atoms with Gasteiger partial charge in [-0.1, -0.05) is 0 Å². The maximum Gasteiger partial charge on any atom is 0.254 e. The number of rotatable bonds is 6. The van der Waals surface area contributed by atoms with Gasteiger partial charge in [0, 0.05) is 63.9 Å². The average Bonchev–Trinajstić information content (AvgIpc) is 2.77. The molecule has 28 heavy (non-hydrogen) atoms. The summed E-state index contributed by atoms with van der Waals surface area (Å²) < 4.78 is 15.8. The fourth-order valence-electron chi connectivity index (χ4n) is 3.51. The highest BCUT2D eigenvalue weighted by molar-refractivity contribution is 5.95. The number of hydrogen-bond donors (Lipinski definition) is 0. The van der Waals surface area contributed by atoms with Gasteiger partial charge in [0.15, 0.2) is 0 Å². The van der Waals surface area contributed by atoms with Crippen molar-refractivity contribution in [1.29, 1.82) is 0 Å². The minimum atomic E-state index is -0.0717. The van der Waals surface area contributed by atoms with Gasteiger partial charge in [0.05, 0.1) is 27.4 Å². The van der Waals surface area contributed by atoms with Crippen molar-refractivity contribution in [2.45, 2.75) is 6.42 Å². The number of piperazine rings is 1. The third kappa shape index (κ3) is 5.14. The summed E-state index contributed by atoms with van der Waals surface area (Å²) >= 11 is 0. The Hall–Kier alpha value is -2.32. The first-order valence-corrected chi connectivity index (χ1v) is 9.71. The maximum atomic E-state index is 12.8. The molecule has 8 nitrogen and oxygen atoms in total. The van der Waals surface area contributed by atoms with Crippen molar-refractivity contribution in [3.05, 3.63) is 23.8 Å². The number of amides is 2. The number of ether oxygens (including phenoxy) is 3. The van der Waals surface area contributed by atoms with Crippen LogP contribution in [0.25, 0.3) is 0 Å². The summed E-state index contributed by atoms with van der Waals surface area (Å²) in [5, 5.41) is 0. The Bertz CT molecular complexity index is 660. The Kier molecular flexibility index (Phi) is 7.11. The molecule has 0 N–H and O–H groups in total. The molecule has 0 unspecified atom stereocenters. The Morgan fingerprint density at radius 3 is 2.04 bits per heavy atom. The molecule has 1 aromatic carbocycles. The van der Waals surface area contributed by atoms with E-state index in [1.54, 1.807) is 37.3 Å². The quantitative estimate of drug-likeness (QED) is 0.711. The number of morpholine rings is 1. The van der Waals surface area contributed by atoms with E-state index in [0.717, 1.165) is 32.8 Å². The normalized spacial score (nSPS) is 18.1. The lowest BCUT2D eigenvalue weighted by Gasteiger charge is -2.35. The lowest BCUT2D eigenvalue weighted by Crippen LogP contribution is -2.51. The number of carbonyl (C=O) groups excluding carboxylic acids is 2. The average molecular weight is 391 g/mol. The zero-order valence-electron chi connectivity index (χ0n) is 16.7. The van der Waals surface area contributed by atoms with E-state index in [1.165, 1.54) is 0 Å². The van der Waals surface area contributed by atoms with Crippen molar-refractivity contribution in [3.63, 3.8) is 0 Å². The third-order valence-electron chi connectivity index (χ3n) is 5.26. The molecule has 0 atom stereocenters. The van der Waals surface area contributed by atoms with E-state index in [-0.39, 0.29) is 11.8 Å². The van der Waals surface area contributed by atoms with Gasteiger partial charge < -0.3 is 24.0 Å². The number of hydrogen-bond acceptors (Lipinski definition) is 6. The van der Waals surface area contributed by atoms with E-state index < -0.39 is 0 Å². The van der Waals surface area contributed by atoms with Crippen LogP contribution in [0, 0.1) is 0 Å². The molecule has 2 aliphatic heterocycles. The van der Waals surface area contributed by atoms with Gasteiger partial charge in [-0.3, -0.25) is 14.5 Å². The monoisotopic (exact) mass is 391 g/mol. The van der Waals surface area contributed by atoms with Crippen LogP contribution in [0.5, 0.6) is 11.5 Å². The van der Waals surface area contributed by atoms with Crippen LogP contribution in [0.1, 0.15) is 16.8 Å². The summed E-state index contributed by atoms with van der Waals surface area (Å²) in [7, 11) is 3.12. The highest BCUT2D eigenvalue weighted by Crippen LogP contribution is 2.23. The minimum absolute atomic E-state index is 0.0717. The summed E-state index contributed by atoms with van der Waals surface area (Å²) in [5.41, 5.74) is 0.531. The van der Waals surface area contributed by atoms with Gasteiger partial charge in [-0.25, -0.2) is 0 Å². The molecular weight excluding hydrogens is 362 g/mol. The Morgan fingerprint density at radius 2 is 1.46 bits per heavy atom. The lowest BCUT2D eigenvalue weighted by molar-refractivity contribution is -0.133. The van der Waals surface area contributed by atoms with Crippen LogP contribution in [0.2, 0.25) is 0 Å². The SMILES string of the molecule is COc1cc(OC)cc(C(=O)N2CCN(C(=O)CCN3CCOCC3)CC2)c1. The summed E-state index contributed by atoms with van der Waals surface area (Å²) in [4.78, 5) is 31.2. The summed E-state index contributed by atoms with van der Waals surface area (Å²) in [6.45, 7) is 6.21. The zero-order chi connectivity index (χ0) is 19.9.